The fourth-order valence-corrected chi connectivity index (χ4v) is 4.90. The molecule has 0 aliphatic rings. The van der Waals surface area contributed by atoms with Crippen LogP contribution >= 0.6 is 11.3 Å². The van der Waals surface area contributed by atoms with Gasteiger partial charge in [0.05, 0.1) is 20.0 Å². The number of nitro groups is 1. The smallest absolute Gasteiger partial charge is 0.342 e. The van der Waals surface area contributed by atoms with Gasteiger partial charge in [-0.05, 0) is 36.4 Å². The van der Waals surface area contributed by atoms with Crippen LogP contribution in [0.3, 0.4) is 0 Å². The van der Waals surface area contributed by atoms with Crippen LogP contribution in [0.4, 0.5) is 11.4 Å². The predicted molar refractivity (Wildman–Crippen MR) is 121 cm³/mol. The zero-order valence-corrected chi connectivity index (χ0v) is 18.3. The van der Waals surface area contributed by atoms with Crippen molar-refractivity contribution in [2.45, 2.75) is 11.5 Å². The van der Waals surface area contributed by atoms with Crippen molar-refractivity contribution < 1.29 is 28.0 Å². The summed E-state index contributed by atoms with van der Waals surface area (Å²) in [4.78, 5) is 26.7. The highest BCUT2D eigenvalue weighted by Crippen LogP contribution is 2.27. The standard InChI is InChI=1S/C21H15N3O7S2/c25-18-9-8-13(23-33(29,30)15-5-3-4-14(11-15)24(27)28)10-16(18)21(26)31-12-20-22-17-6-1-2-7-19(17)32-20/h1-11,23,25H,12H2. The summed E-state index contributed by atoms with van der Waals surface area (Å²) in [6, 6.07) is 15.5. The van der Waals surface area contributed by atoms with Gasteiger partial charge < -0.3 is 9.84 Å². The molecule has 0 amide bonds. The number of phenols is 1. The first-order valence-corrected chi connectivity index (χ1v) is 11.6. The Morgan fingerprint density at radius 1 is 1.12 bits per heavy atom. The van der Waals surface area contributed by atoms with Crippen LogP contribution in [0.25, 0.3) is 10.2 Å². The van der Waals surface area contributed by atoms with Gasteiger partial charge in [0.1, 0.15) is 22.9 Å². The zero-order valence-electron chi connectivity index (χ0n) is 16.7. The maximum atomic E-state index is 12.6. The highest BCUT2D eigenvalue weighted by atomic mass is 32.2. The Morgan fingerprint density at radius 2 is 1.91 bits per heavy atom. The molecule has 0 aliphatic heterocycles. The number of phenolic OH excluding ortho intramolecular Hbond substituents is 1. The summed E-state index contributed by atoms with van der Waals surface area (Å²) in [6.45, 7) is -0.124. The van der Waals surface area contributed by atoms with Crippen LogP contribution in [0.1, 0.15) is 15.4 Å². The van der Waals surface area contributed by atoms with Crippen molar-refractivity contribution in [1.82, 2.24) is 4.98 Å². The molecule has 0 unspecified atom stereocenters. The first kappa shape index (κ1) is 22.2. The quantitative estimate of drug-likeness (QED) is 0.172. The third kappa shape index (κ3) is 4.91. The van der Waals surface area contributed by atoms with Gasteiger partial charge in [-0.15, -0.1) is 11.3 Å². The molecule has 0 saturated carbocycles. The van der Waals surface area contributed by atoms with E-state index in [4.69, 9.17) is 4.74 Å². The van der Waals surface area contributed by atoms with Crippen LogP contribution in [0.5, 0.6) is 5.75 Å². The molecular formula is C21H15N3O7S2. The summed E-state index contributed by atoms with van der Waals surface area (Å²) in [5.41, 5.74) is 0.0956. The van der Waals surface area contributed by atoms with Crippen LogP contribution in [0, 0.1) is 10.1 Å². The number of rotatable bonds is 7. The normalized spacial score (nSPS) is 11.3. The number of nitrogens with zero attached hydrogens (tertiary/aromatic N) is 2. The number of ether oxygens (including phenoxy) is 1. The lowest BCUT2D eigenvalue weighted by atomic mass is 10.2. The van der Waals surface area contributed by atoms with Gasteiger partial charge in [0.15, 0.2) is 0 Å². The van der Waals surface area contributed by atoms with Crippen LogP contribution in [-0.2, 0) is 21.4 Å². The van der Waals surface area contributed by atoms with Crippen molar-refractivity contribution in [2.24, 2.45) is 0 Å². The molecule has 12 heteroatoms. The minimum atomic E-state index is -4.19. The molecule has 0 fully saturated rings. The Morgan fingerprint density at radius 3 is 2.67 bits per heavy atom. The van der Waals surface area contributed by atoms with Gasteiger partial charge in [-0.2, -0.15) is 0 Å². The van der Waals surface area contributed by atoms with E-state index < -0.39 is 26.7 Å². The van der Waals surface area contributed by atoms with Gasteiger partial charge in [-0.3, -0.25) is 14.8 Å². The first-order chi connectivity index (χ1) is 15.7. The fourth-order valence-electron chi connectivity index (χ4n) is 2.93. The average molecular weight is 485 g/mol. The molecule has 0 atom stereocenters. The van der Waals surface area contributed by atoms with E-state index in [0.29, 0.717) is 5.01 Å². The number of benzene rings is 3. The number of esters is 1. The number of anilines is 1. The van der Waals surface area contributed by atoms with E-state index in [0.717, 1.165) is 28.4 Å². The zero-order chi connectivity index (χ0) is 23.6. The summed E-state index contributed by atoms with van der Waals surface area (Å²) in [7, 11) is -4.19. The number of fused-ring (bicyclic) bond motifs is 1. The molecule has 0 spiro atoms. The molecular weight excluding hydrogens is 470 g/mol. The van der Waals surface area contributed by atoms with Gasteiger partial charge in [-0.25, -0.2) is 18.2 Å². The largest absolute Gasteiger partial charge is 0.507 e. The number of hydrogen-bond donors (Lipinski definition) is 2. The number of sulfonamides is 1. The average Bonchev–Trinajstić information content (AvgIpc) is 3.22. The second-order valence-corrected chi connectivity index (χ2v) is 9.54. The molecule has 1 aromatic heterocycles. The molecule has 3 aromatic carbocycles. The van der Waals surface area contributed by atoms with Crippen molar-refractivity contribution in [1.29, 1.82) is 0 Å². The Labute approximate surface area is 191 Å². The van der Waals surface area contributed by atoms with Crippen LogP contribution in [0.15, 0.2) is 71.6 Å². The summed E-state index contributed by atoms with van der Waals surface area (Å²) >= 11 is 1.36. The lowest BCUT2D eigenvalue weighted by Gasteiger charge is -2.10. The second kappa shape index (κ2) is 8.84. The highest BCUT2D eigenvalue weighted by Gasteiger charge is 2.20. The van der Waals surface area contributed by atoms with E-state index >= 15 is 0 Å². The van der Waals surface area contributed by atoms with Crippen molar-refractivity contribution >= 4 is 48.9 Å². The topological polar surface area (TPSA) is 149 Å². The van der Waals surface area contributed by atoms with Crippen LogP contribution in [-0.4, -0.2) is 29.4 Å². The molecule has 33 heavy (non-hydrogen) atoms. The Balaban J connectivity index is 1.51. The fraction of sp³-hybridized carbons (Fsp3) is 0.0476. The summed E-state index contributed by atoms with van der Waals surface area (Å²) < 4.78 is 33.6. The molecule has 1 heterocycles. The second-order valence-electron chi connectivity index (χ2n) is 6.74. The molecule has 0 saturated heterocycles. The summed E-state index contributed by atoms with van der Waals surface area (Å²) in [5.74, 6) is -1.27. The molecule has 2 N–H and O–H groups in total. The Hall–Kier alpha value is -4.03. The van der Waals surface area contributed by atoms with Crippen molar-refractivity contribution in [2.75, 3.05) is 4.72 Å². The molecule has 0 radical (unpaired) electrons. The number of carbonyl (C=O) groups is 1. The number of aromatic nitrogens is 1. The number of aromatic hydroxyl groups is 1. The van der Waals surface area contributed by atoms with E-state index in [1.807, 2.05) is 24.3 Å². The molecule has 4 rings (SSSR count). The molecule has 10 nitrogen and oxygen atoms in total. The van der Waals surface area contributed by atoms with Gasteiger partial charge in [-0.1, -0.05) is 18.2 Å². The highest BCUT2D eigenvalue weighted by molar-refractivity contribution is 7.92. The van der Waals surface area contributed by atoms with E-state index in [9.17, 15) is 28.4 Å². The number of nitro benzene ring substituents is 1. The summed E-state index contributed by atoms with van der Waals surface area (Å²) in [5, 5.41) is 21.5. The number of non-ortho nitro benzene ring substituents is 1. The van der Waals surface area contributed by atoms with Crippen LogP contribution < -0.4 is 4.72 Å². The van der Waals surface area contributed by atoms with Gasteiger partial charge in [0.2, 0.25) is 0 Å². The maximum Gasteiger partial charge on any atom is 0.342 e. The minimum Gasteiger partial charge on any atom is -0.507 e. The van der Waals surface area contributed by atoms with Crippen molar-refractivity contribution in [3.05, 3.63) is 87.4 Å². The van der Waals surface area contributed by atoms with Gasteiger partial charge in [0, 0.05) is 17.8 Å². The Kier molecular flexibility index (Phi) is 5.94. The number of para-hydroxylation sites is 1. The number of nitrogens with one attached hydrogen (secondary N) is 1. The Bertz CT molecular complexity index is 1450. The third-order valence-electron chi connectivity index (χ3n) is 4.47. The number of thiazole rings is 1. The minimum absolute atomic E-state index is 0.0359. The monoisotopic (exact) mass is 485 g/mol. The lowest BCUT2D eigenvalue weighted by molar-refractivity contribution is -0.385. The van der Waals surface area contributed by atoms with E-state index in [2.05, 4.69) is 9.71 Å². The molecule has 0 bridgehead atoms. The van der Waals surface area contributed by atoms with E-state index in [1.54, 1.807) is 0 Å². The first-order valence-electron chi connectivity index (χ1n) is 9.35. The van der Waals surface area contributed by atoms with Gasteiger partial charge in [0.25, 0.3) is 15.7 Å². The predicted octanol–water partition coefficient (Wildman–Crippen LogP) is 4.07. The van der Waals surface area contributed by atoms with E-state index in [-0.39, 0.29) is 28.4 Å². The molecule has 4 aromatic rings. The van der Waals surface area contributed by atoms with Gasteiger partial charge >= 0.3 is 5.97 Å². The number of hydrogen-bond acceptors (Lipinski definition) is 9. The molecule has 0 aliphatic carbocycles. The van der Waals surface area contributed by atoms with Crippen molar-refractivity contribution in [3.8, 4) is 5.75 Å². The SMILES string of the molecule is O=C(OCc1nc2ccccc2s1)c1cc(NS(=O)(=O)c2cccc([N+](=O)[O-])c2)ccc1O. The molecule has 168 valence electrons. The van der Waals surface area contributed by atoms with E-state index in [1.165, 1.54) is 35.6 Å². The van der Waals surface area contributed by atoms with Crippen molar-refractivity contribution in [3.63, 3.8) is 0 Å². The third-order valence-corrected chi connectivity index (χ3v) is 6.86. The van der Waals surface area contributed by atoms with Crippen LogP contribution in [0.2, 0.25) is 0 Å². The lowest BCUT2D eigenvalue weighted by Crippen LogP contribution is -2.14. The summed E-state index contributed by atoms with van der Waals surface area (Å²) in [6.07, 6.45) is 0. The number of carbonyl (C=O) groups excluding carboxylic acids is 1. The maximum absolute atomic E-state index is 12.6.